The molecule has 0 aliphatic carbocycles. The molecule has 0 bridgehead atoms. The normalized spacial score (nSPS) is 11.9. The molecule has 4 nitrogen and oxygen atoms in total. The Labute approximate surface area is 157 Å². The van der Waals surface area contributed by atoms with Gasteiger partial charge in [-0.3, -0.25) is 15.1 Å². The second kappa shape index (κ2) is 8.01. The minimum Gasteiger partial charge on any atom is -0.258 e. The van der Waals surface area contributed by atoms with Gasteiger partial charge in [0.15, 0.2) is 0 Å². The summed E-state index contributed by atoms with van der Waals surface area (Å²) >= 11 is 0. The van der Waals surface area contributed by atoms with Crippen molar-refractivity contribution in [1.82, 2.24) is 4.98 Å². The Balaban J connectivity index is 2.47. The minimum atomic E-state index is -1.77. The standard InChI is InChI=1S/C21H28N2O2Si/c1-15(2)26(16(3)4,17(5)6)14-8-9-18-11-12-20(23(24)25)19-10-7-13-22-21(18)19/h7,10-13,15-17H,9H2,1-6H3. The summed E-state index contributed by atoms with van der Waals surface area (Å²) < 4.78 is 0. The lowest BCUT2D eigenvalue weighted by Gasteiger charge is -2.38. The smallest absolute Gasteiger partial charge is 0.258 e. The van der Waals surface area contributed by atoms with E-state index >= 15 is 0 Å². The predicted molar refractivity (Wildman–Crippen MR) is 111 cm³/mol. The van der Waals surface area contributed by atoms with E-state index in [4.69, 9.17) is 0 Å². The molecule has 0 saturated heterocycles. The third-order valence-corrected chi connectivity index (χ3v) is 11.8. The minimum absolute atomic E-state index is 0.0973. The third kappa shape index (κ3) is 3.66. The van der Waals surface area contributed by atoms with E-state index in [9.17, 15) is 10.1 Å². The first kappa shape index (κ1) is 20.1. The van der Waals surface area contributed by atoms with E-state index in [0.29, 0.717) is 33.9 Å². The zero-order valence-corrected chi connectivity index (χ0v) is 17.5. The lowest BCUT2D eigenvalue weighted by atomic mass is 10.1. The highest BCUT2D eigenvalue weighted by atomic mass is 28.3. The first-order chi connectivity index (χ1) is 12.2. The molecule has 0 amide bonds. The molecule has 0 aliphatic heterocycles. The molecule has 1 aromatic heterocycles. The fourth-order valence-electron chi connectivity index (χ4n) is 4.24. The molecule has 2 aromatic rings. The van der Waals surface area contributed by atoms with Crippen molar-refractivity contribution < 1.29 is 4.92 Å². The highest BCUT2D eigenvalue weighted by Crippen LogP contribution is 2.40. The van der Waals surface area contributed by atoms with Crippen molar-refractivity contribution in [3.05, 3.63) is 46.1 Å². The van der Waals surface area contributed by atoms with Crippen LogP contribution in [0.25, 0.3) is 10.9 Å². The van der Waals surface area contributed by atoms with Crippen molar-refractivity contribution in [1.29, 1.82) is 0 Å². The van der Waals surface area contributed by atoms with Crippen LogP contribution >= 0.6 is 0 Å². The van der Waals surface area contributed by atoms with Crippen molar-refractivity contribution in [3.63, 3.8) is 0 Å². The zero-order chi connectivity index (χ0) is 19.5. The van der Waals surface area contributed by atoms with E-state index in [1.165, 1.54) is 0 Å². The van der Waals surface area contributed by atoms with Gasteiger partial charge in [-0.2, -0.15) is 0 Å². The number of rotatable bonds is 5. The van der Waals surface area contributed by atoms with Crippen molar-refractivity contribution in [3.8, 4) is 11.5 Å². The average Bonchev–Trinajstić information content (AvgIpc) is 2.57. The van der Waals surface area contributed by atoms with E-state index < -0.39 is 8.07 Å². The molecule has 26 heavy (non-hydrogen) atoms. The van der Waals surface area contributed by atoms with Gasteiger partial charge in [-0.25, -0.2) is 0 Å². The van der Waals surface area contributed by atoms with Gasteiger partial charge in [0.25, 0.3) is 5.69 Å². The van der Waals surface area contributed by atoms with Crippen LogP contribution in [0.1, 0.15) is 47.1 Å². The quantitative estimate of drug-likeness (QED) is 0.285. The van der Waals surface area contributed by atoms with Crippen molar-refractivity contribution in [2.24, 2.45) is 0 Å². The van der Waals surface area contributed by atoms with Gasteiger partial charge in [-0.15, -0.1) is 11.5 Å². The SMILES string of the molecule is CC(C)[Si](C#CCc1ccc([N+](=O)[O-])c2cccnc12)(C(C)C)C(C)C. The monoisotopic (exact) mass is 368 g/mol. The van der Waals surface area contributed by atoms with Gasteiger partial charge in [0.2, 0.25) is 0 Å². The van der Waals surface area contributed by atoms with Crippen LogP contribution in [0.15, 0.2) is 30.5 Å². The Morgan fingerprint density at radius 1 is 1.08 bits per heavy atom. The van der Waals surface area contributed by atoms with Gasteiger partial charge in [0, 0.05) is 18.7 Å². The molecule has 0 saturated carbocycles. The predicted octanol–water partition coefficient (Wildman–Crippen LogP) is 5.91. The first-order valence-corrected chi connectivity index (χ1v) is 11.5. The molecular formula is C21H28N2O2Si. The molecule has 0 fully saturated rings. The number of pyridine rings is 1. The van der Waals surface area contributed by atoms with Gasteiger partial charge < -0.3 is 0 Å². The molecule has 1 aromatic carbocycles. The molecule has 138 valence electrons. The number of nitrogens with zero attached hydrogens (tertiary/aromatic N) is 2. The second-order valence-electron chi connectivity index (χ2n) is 7.78. The summed E-state index contributed by atoms with van der Waals surface area (Å²) in [5, 5.41) is 11.8. The fraction of sp³-hybridized carbons (Fsp3) is 0.476. The van der Waals surface area contributed by atoms with Crippen molar-refractivity contribution in [2.75, 3.05) is 0 Å². The molecule has 0 atom stereocenters. The number of fused-ring (bicyclic) bond motifs is 1. The van der Waals surface area contributed by atoms with E-state index in [0.717, 1.165) is 5.56 Å². The number of nitro groups is 1. The Bertz CT molecular complexity index is 841. The first-order valence-electron chi connectivity index (χ1n) is 9.22. The molecule has 0 unspecified atom stereocenters. The van der Waals surface area contributed by atoms with Gasteiger partial charge >= 0.3 is 0 Å². The van der Waals surface area contributed by atoms with Crippen LogP contribution in [0.2, 0.25) is 16.6 Å². The molecule has 0 radical (unpaired) electrons. The van der Waals surface area contributed by atoms with Crippen LogP contribution in [-0.4, -0.2) is 18.0 Å². The molecule has 5 heteroatoms. The van der Waals surface area contributed by atoms with Crippen LogP contribution < -0.4 is 0 Å². The molecule has 2 rings (SSSR count). The number of nitro benzene ring substituents is 1. The van der Waals surface area contributed by atoms with Gasteiger partial charge in [-0.05, 0) is 40.4 Å². The number of hydrogen-bond acceptors (Lipinski definition) is 3. The maximum absolute atomic E-state index is 11.3. The third-order valence-electron chi connectivity index (χ3n) is 5.48. The summed E-state index contributed by atoms with van der Waals surface area (Å²) in [6.07, 6.45) is 2.25. The van der Waals surface area contributed by atoms with E-state index in [1.807, 2.05) is 0 Å². The van der Waals surface area contributed by atoms with E-state index in [-0.39, 0.29) is 10.6 Å². The lowest BCUT2D eigenvalue weighted by Crippen LogP contribution is -2.43. The number of aromatic nitrogens is 1. The van der Waals surface area contributed by atoms with Crippen LogP contribution in [-0.2, 0) is 6.42 Å². The number of hydrogen-bond donors (Lipinski definition) is 0. The van der Waals surface area contributed by atoms with Gasteiger partial charge in [-0.1, -0.05) is 41.5 Å². The van der Waals surface area contributed by atoms with Crippen LogP contribution in [0.3, 0.4) is 0 Å². The summed E-state index contributed by atoms with van der Waals surface area (Å²) in [6.45, 7) is 13.8. The molecule has 0 spiro atoms. The summed E-state index contributed by atoms with van der Waals surface area (Å²) in [6, 6.07) is 6.86. The second-order valence-corrected chi connectivity index (χ2v) is 13.4. The van der Waals surface area contributed by atoms with Gasteiger partial charge in [0.1, 0.15) is 8.07 Å². The summed E-state index contributed by atoms with van der Waals surface area (Å²) in [4.78, 5) is 15.3. The molecular weight excluding hydrogens is 340 g/mol. The Hall–Kier alpha value is -2.19. The van der Waals surface area contributed by atoms with Crippen LogP contribution in [0, 0.1) is 21.6 Å². The average molecular weight is 369 g/mol. The molecule has 0 aliphatic rings. The highest BCUT2D eigenvalue weighted by molar-refractivity contribution is 6.90. The molecule has 0 N–H and O–H groups in total. The van der Waals surface area contributed by atoms with E-state index in [2.05, 4.69) is 58.0 Å². The summed E-state index contributed by atoms with van der Waals surface area (Å²) in [7, 11) is -1.77. The summed E-state index contributed by atoms with van der Waals surface area (Å²) in [5.74, 6) is 3.43. The molecule has 1 heterocycles. The zero-order valence-electron chi connectivity index (χ0n) is 16.5. The Morgan fingerprint density at radius 3 is 2.23 bits per heavy atom. The number of benzene rings is 1. The van der Waals surface area contributed by atoms with Crippen molar-refractivity contribution in [2.45, 2.75) is 64.6 Å². The Kier molecular flexibility index (Phi) is 6.20. The van der Waals surface area contributed by atoms with E-state index in [1.54, 1.807) is 30.5 Å². The topological polar surface area (TPSA) is 56.0 Å². The van der Waals surface area contributed by atoms with Crippen LogP contribution in [0.5, 0.6) is 0 Å². The van der Waals surface area contributed by atoms with Crippen LogP contribution in [0.4, 0.5) is 5.69 Å². The maximum Gasteiger partial charge on any atom is 0.278 e. The fourth-order valence-corrected chi connectivity index (χ4v) is 9.50. The maximum atomic E-state index is 11.3. The lowest BCUT2D eigenvalue weighted by molar-refractivity contribution is -0.383. The highest BCUT2D eigenvalue weighted by Gasteiger charge is 2.41. The summed E-state index contributed by atoms with van der Waals surface area (Å²) in [5.41, 5.74) is 7.20. The van der Waals surface area contributed by atoms with Crippen molar-refractivity contribution >= 4 is 24.7 Å². The number of non-ortho nitro benzene ring substituents is 1. The largest absolute Gasteiger partial charge is 0.278 e. The van der Waals surface area contributed by atoms with Gasteiger partial charge in [0.05, 0.1) is 15.8 Å². The Morgan fingerprint density at radius 2 is 1.69 bits per heavy atom.